The van der Waals surface area contributed by atoms with Crippen molar-refractivity contribution in [3.63, 3.8) is 0 Å². The predicted octanol–water partition coefficient (Wildman–Crippen LogP) is 4.56. The van der Waals surface area contributed by atoms with Crippen molar-refractivity contribution in [2.24, 2.45) is 0 Å². The molecule has 1 aromatic rings. The number of nitrogens with one attached hydrogen (secondary N) is 1. The summed E-state index contributed by atoms with van der Waals surface area (Å²) in [5.41, 5.74) is 3.00. The van der Waals surface area contributed by atoms with Gasteiger partial charge in [0.2, 0.25) is 0 Å². The quantitative estimate of drug-likeness (QED) is 0.755. The van der Waals surface area contributed by atoms with Crippen LogP contribution in [0.25, 0.3) is 6.08 Å². The number of benzene rings is 1. The summed E-state index contributed by atoms with van der Waals surface area (Å²) in [5, 5.41) is 0. The molecule has 3 heteroatoms. The molecule has 0 heterocycles. The SMILES string of the molecule is CC(C)(C)[NH][Zr]([CH3])([CH3])([CH3])([CH3])(=[SiH2])[CH]1C=Cc2ccccc21. The summed E-state index contributed by atoms with van der Waals surface area (Å²) in [7, 11) is 0. The van der Waals surface area contributed by atoms with Gasteiger partial charge in [0.15, 0.2) is 0 Å². The second-order valence-electron chi connectivity index (χ2n) is 11.9. The first-order valence-electron chi connectivity index (χ1n) is 7.71. The Bertz CT molecular complexity index is 707. The zero-order valence-electron chi connectivity index (χ0n) is 14.2. The van der Waals surface area contributed by atoms with E-state index in [1.165, 1.54) is 11.1 Å². The van der Waals surface area contributed by atoms with Crippen molar-refractivity contribution in [2.75, 3.05) is 0 Å². The number of hydrogen-bond donors (Lipinski definition) is 1. The molecule has 0 aromatic heterocycles. The van der Waals surface area contributed by atoms with Gasteiger partial charge in [-0.2, -0.15) is 0 Å². The molecule has 20 heavy (non-hydrogen) atoms. The van der Waals surface area contributed by atoms with Crippen molar-refractivity contribution in [1.29, 1.82) is 0 Å². The van der Waals surface area contributed by atoms with Crippen LogP contribution in [0.15, 0.2) is 30.3 Å². The first kappa shape index (κ1) is 16.4. The van der Waals surface area contributed by atoms with Gasteiger partial charge in [-0.25, -0.2) is 0 Å². The van der Waals surface area contributed by atoms with E-state index < -0.39 is 14.7 Å². The van der Waals surface area contributed by atoms with E-state index in [4.69, 9.17) is 0 Å². The van der Waals surface area contributed by atoms with E-state index in [2.05, 4.69) is 85.9 Å². The van der Waals surface area contributed by atoms with Crippen molar-refractivity contribution in [3.05, 3.63) is 41.5 Å². The third kappa shape index (κ3) is 3.10. The molecule has 1 nitrogen and oxygen atoms in total. The summed E-state index contributed by atoms with van der Waals surface area (Å²) >= 11 is -4.09. The Morgan fingerprint density at radius 1 is 1.05 bits per heavy atom. The molecule has 0 radical (unpaired) electrons. The molecule has 1 aromatic carbocycles. The van der Waals surface area contributed by atoms with E-state index in [0.717, 1.165) is 0 Å². The average molecular weight is 369 g/mol. The van der Waals surface area contributed by atoms with Gasteiger partial charge in [0.25, 0.3) is 0 Å². The molecule has 0 saturated carbocycles. The molecule has 0 fully saturated rings. The van der Waals surface area contributed by atoms with Crippen LogP contribution < -0.4 is 3.26 Å². The summed E-state index contributed by atoms with van der Waals surface area (Å²) in [4.78, 5) is 0. The van der Waals surface area contributed by atoms with E-state index in [0.29, 0.717) is 3.63 Å². The summed E-state index contributed by atoms with van der Waals surface area (Å²) in [6.07, 6.45) is 4.75. The van der Waals surface area contributed by atoms with Gasteiger partial charge in [-0.15, -0.1) is 0 Å². The minimum atomic E-state index is -4.09. The van der Waals surface area contributed by atoms with Crippen LogP contribution in [0.4, 0.5) is 0 Å². The minimum absolute atomic E-state index is 0.113. The number of rotatable bonds is 2. The number of hydrogen-bond acceptors (Lipinski definition) is 1. The third-order valence-corrected chi connectivity index (χ3v) is 22.4. The first-order valence-corrected chi connectivity index (χ1v) is 26.1. The molecule has 0 amide bonds. The van der Waals surface area contributed by atoms with E-state index >= 15 is 0 Å². The van der Waals surface area contributed by atoms with Gasteiger partial charge in [-0.1, -0.05) is 0 Å². The molecule has 112 valence electrons. The van der Waals surface area contributed by atoms with Crippen LogP contribution in [0.3, 0.4) is 0 Å². The Hall–Kier alpha value is 0.0200. The summed E-state index contributed by atoms with van der Waals surface area (Å²) in [6.45, 7) is 9.14. The van der Waals surface area contributed by atoms with Gasteiger partial charge < -0.3 is 0 Å². The molecular formula is C17H31NSiZr. The summed E-state index contributed by atoms with van der Waals surface area (Å²) < 4.78 is 14.9. The second kappa shape index (κ2) is 3.34. The van der Waals surface area contributed by atoms with Crippen molar-refractivity contribution >= 4 is 13.0 Å². The molecule has 1 atom stereocenters. The van der Waals surface area contributed by atoms with Gasteiger partial charge in [0, 0.05) is 0 Å². The fourth-order valence-corrected chi connectivity index (χ4v) is 27.3. The monoisotopic (exact) mass is 367 g/mol. The van der Waals surface area contributed by atoms with Crippen molar-refractivity contribution in [1.82, 2.24) is 3.26 Å². The van der Waals surface area contributed by atoms with Gasteiger partial charge in [-0.3, -0.25) is 0 Å². The number of fused-ring (bicyclic) bond motifs is 1. The van der Waals surface area contributed by atoms with Gasteiger partial charge in [-0.05, 0) is 0 Å². The van der Waals surface area contributed by atoms with Gasteiger partial charge in [0.05, 0.1) is 0 Å². The van der Waals surface area contributed by atoms with Crippen LogP contribution in [0.1, 0.15) is 35.5 Å². The Morgan fingerprint density at radius 2 is 1.60 bits per heavy atom. The molecule has 1 N–H and O–H groups in total. The first-order chi connectivity index (χ1) is 8.53. The van der Waals surface area contributed by atoms with E-state index in [-0.39, 0.29) is 5.54 Å². The van der Waals surface area contributed by atoms with Crippen LogP contribution in [0.2, 0.25) is 18.5 Å². The standard InChI is InChI=1S/C9H7.C4H10N.4CH3.H2Si.Zr/c1-2-5-9-7-3-6-8(9)4-1;1-4(2,3)5;;;;;;/h1-7H;5H,1-3H3;4*1H3;1H2;/q;-1;;;;;;+1. The van der Waals surface area contributed by atoms with Gasteiger partial charge in [0.1, 0.15) is 0 Å². The maximum absolute atomic E-state index is 4.16. The van der Waals surface area contributed by atoms with Crippen molar-refractivity contribution in [3.8, 4) is 0 Å². The Morgan fingerprint density at radius 3 is 2.15 bits per heavy atom. The molecule has 0 saturated heterocycles. The molecular weight excluding hydrogens is 338 g/mol. The van der Waals surface area contributed by atoms with E-state index in [1.54, 1.807) is 0 Å². The zero-order valence-corrected chi connectivity index (χ0v) is 18.1. The normalized spacial score (nSPS) is 24.4. The van der Waals surface area contributed by atoms with Crippen LogP contribution in [-0.4, -0.2) is 12.4 Å². The summed E-state index contributed by atoms with van der Waals surface area (Å²) in [6, 6.07) is 8.86. The van der Waals surface area contributed by atoms with Gasteiger partial charge >= 0.3 is 121 Å². The van der Waals surface area contributed by atoms with Crippen LogP contribution in [0, 0.1) is 0 Å². The molecule has 0 aliphatic heterocycles. The molecule has 1 aliphatic rings. The van der Waals surface area contributed by atoms with E-state index in [9.17, 15) is 0 Å². The van der Waals surface area contributed by atoms with Crippen LogP contribution >= 0.6 is 0 Å². The molecule has 1 unspecified atom stereocenters. The molecule has 1 aliphatic carbocycles. The van der Waals surface area contributed by atoms with Crippen LogP contribution in [0.5, 0.6) is 0 Å². The molecule has 2 rings (SSSR count). The van der Waals surface area contributed by atoms with Crippen molar-refractivity contribution < 1.29 is 14.7 Å². The topological polar surface area (TPSA) is 12.0 Å². The number of allylic oxidation sites excluding steroid dienone is 1. The second-order valence-corrected chi connectivity index (χ2v) is 70.2. The fraction of sp³-hybridized carbons (Fsp3) is 0.529. The van der Waals surface area contributed by atoms with Crippen LogP contribution in [-0.2, 0) is 14.7 Å². The van der Waals surface area contributed by atoms with E-state index in [1.807, 2.05) is 0 Å². The van der Waals surface area contributed by atoms with Crippen molar-refractivity contribution in [2.45, 2.75) is 48.5 Å². The Kier molecular flexibility index (Phi) is 2.74. The fourth-order valence-electron chi connectivity index (χ4n) is 4.62. The zero-order chi connectivity index (χ0) is 15.6. The summed E-state index contributed by atoms with van der Waals surface area (Å²) in [5.74, 6) is 0. The third-order valence-electron chi connectivity index (χ3n) is 4.45. The molecule has 0 spiro atoms. The molecule has 0 bridgehead atoms. The Labute approximate surface area is 120 Å². The predicted molar refractivity (Wildman–Crippen MR) is 93.1 cm³/mol. The maximum atomic E-state index is 4.16. The Balaban J connectivity index is 2.73. The average Bonchev–Trinajstić information content (AvgIpc) is 2.54.